The second-order valence-corrected chi connectivity index (χ2v) is 3.71. The maximum Gasteiger partial charge on any atom is 0.343 e. The molecule has 1 aromatic heterocycles. The van der Waals surface area contributed by atoms with Crippen LogP contribution in [0.4, 0.5) is 0 Å². The van der Waals surface area contributed by atoms with Gasteiger partial charge in [0.05, 0.1) is 6.54 Å². The molecule has 1 heterocycles. The first-order valence-electron chi connectivity index (χ1n) is 5.25. The molecular formula is C12H11N3O3. The van der Waals surface area contributed by atoms with E-state index in [2.05, 4.69) is 10.2 Å². The monoisotopic (exact) mass is 245 g/mol. The molecule has 2 rings (SSSR count). The van der Waals surface area contributed by atoms with Crippen molar-refractivity contribution in [2.75, 3.05) is 0 Å². The molecule has 92 valence electrons. The van der Waals surface area contributed by atoms with Gasteiger partial charge in [0.25, 0.3) is 0 Å². The van der Waals surface area contributed by atoms with Gasteiger partial charge in [0, 0.05) is 6.08 Å². The van der Waals surface area contributed by atoms with Crippen LogP contribution in [-0.4, -0.2) is 25.8 Å². The highest BCUT2D eigenvalue weighted by Gasteiger charge is 1.99. The normalized spacial score (nSPS) is 10.9. The Morgan fingerprint density at radius 1 is 1.50 bits per heavy atom. The zero-order valence-corrected chi connectivity index (χ0v) is 9.41. The third kappa shape index (κ3) is 2.94. The highest BCUT2D eigenvalue weighted by Crippen LogP contribution is 2.08. The first kappa shape index (κ1) is 11.8. The van der Waals surface area contributed by atoms with Crippen molar-refractivity contribution >= 4 is 12.0 Å². The van der Waals surface area contributed by atoms with Gasteiger partial charge < -0.3 is 5.11 Å². The van der Waals surface area contributed by atoms with E-state index in [1.165, 1.54) is 17.0 Å². The van der Waals surface area contributed by atoms with Crippen molar-refractivity contribution in [1.82, 2.24) is 14.8 Å². The van der Waals surface area contributed by atoms with Crippen LogP contribution in [0.25, 0.3) is 6.08 Å². The molecule has 2 aromatic rings. The van der Waals surface area contributed by atoms with E-state index in [1.807, 2.05) is 18.2 Å². The quantitative estimate of drug-likeness (QED) is 0.777. The fourth-order valence-electron chi connectivity index (χ4n) is 1.54. The van der Waals surface area contributed by atoms with Gasteiger partial charge in [-0.3, -0.25) is 4.57 Å². The Labute approximate surface area is 102 Å². The van der Waals surface area contributed by atoms with Crippen molar-refractivity contribution in [2.24, 2.45) is 0 Å². The van der Waals surface area contributed by atoms with E-state index >= 15 is 0 Å². The van der Waals surface area contributed by atoms with Crippen LogP contribution < -0.4 is 5.69 Å². The Kier molecular flexibility index (Phi) is 3.38. The average Bonchev–Trinajstić information content (AvgIpc) is 2.73. The molecular weight excluding hydrogens is 234 g/mol. The molecule has 0 aliphatic rings. The van der Waals surface area contributed by atoms with Gasteiger partial charge in [0.2, 0.25) is 0 Å². The molecule has 0 amide bonds. The van der Waals surface area contributed by atoms with Gasteiger partial charge >= 0.3 is 11.7 Å². The lowest BCUT2D eigenvalue weighted by Gasteiger charge is -2.02. The van der Waals surface area contributed by atoms with Gasteiger partial charge in [-0.25, -0.2) is 14.7 Å². The molecule has 6 nitrogen and oxygen atoms in total. The number of rotatable bonds is 4. The second-order valence-electron chi connectivity index (χ2n) is 3.71. The first-order valence-corrected chi connectivity index (χ1v) is 5.25. The summed E-state index contributed by atoms with van der Waals surface area (Å²) in [6, 6.07) is 7.28. The van der Waals surface area contributed by atoms with Crippen LogP contribution in [0.5, 0.6) is 0 Å². The summed E-state index contributed by atoms with van der Waals surface area (Å²) >= 11 is 0. The first-order chi connectivity index (χ1) is 8.65. The minimum absolute atomic E-state index is 0.276. The van der Waals surface area contributed by atoms with Crippen LogP contribution in [0, 0.1) is 0 Å². The van der Waals surface area contributed by atoms with Crippen molar-refractivity contribution in [2.45, 2.75) is 6.54 Å². The lowest BCUT2D eigenvalue weighted by Crippen LogP contribution is -2.16. The number of aromatic amines is 1. The summed E-state index contributed by atoms with van der Waals surface area (Å²) in [5.41, 5.74) is 1.39. The molecule has 0 unspecified atom stereocenters. The summed E-state index contributed by atoms with van der Waals surface area (Å²) in [5, 5.41) is 14.5. The summed E-state index contributed by atoms with van der Waals surface area (Å²) in [4.78, 5) is 21.7. The molecule has 1 aromatic carbocycles. The maximum absolute atomic E-state index is 11.3. The van der Waals surface area contributed by atoms with Crippen LogP contribution in [0.2, 0.25) is 0 Å². The molecule has 0 aliphatic heterocycles. The van der Waals surface area contributed by atoms with E-state index in [-0.39, 0.29) is 5.69 Å². The van der Waals surface area contributed by atoms with Crippen molar-refractivity contribution in [1.29, 1.82) is 0 Å². The molecule has 2 N–H and O–H groups in total. The molecule has 0 saturated carbocycles. The Hall–Kier alpha value is -2.63. The lowest BCUT2D eigenvalue weighted by atomic mass is 10.1. The summed E-state index contributed by atoms with van der Waals surface area (Å²) in [6.45, 7) is 0.393. The topological polar surface area (TPSA) is 88.0 Å². The number of benzene rings is 1. The summed E-state index contributed by atoms with van der Waals surface area (Å²) in [5.74, 6) is -0.994. The van der Waals surface area contributed by atoms with Gasteiger partial charge in [-0.05, 0) is 23.3 Å². The van der Waals surface area contributed by atoms with Crippen molar-refractivity contribution < 1.29 is 9.90 Å². The van der Waals surface area contributed by atoms with Crippen LogP contribution in [0.15, 0.2) is 41.5 Å². The number of hydrogen-bond acceptors (Lipinski definition) is 3. The molecule has 0 radical (unpaired) electrons. The molecule has 18 heavy (non-hydrogen) atoms. The Morgan fingerprint density at radius 2 is 2.33 bits per heavy atom. The van der Waals surface area contributed by atoms with Crippen LogP contribution >= 0.6 is 0 Å². The number of carbonyl (C=O) groups is 1. The number of aliphatic carboxylic acids is 1. The number of aromatic nitrogens is 3. The third-order valence-electron chi connectivity index (χ3n) is 2.34. The average molecular weight is 245 g/mol. The number of carboxylic acid groups (broad SMARTS) is 1. The number of carboxylic acids is 1. The Bertz CT molecular complexity index is 640. The number of nitrogens with zero attached hydrogens (tertiary/aromatic N) is 2. The number of nitrogens with one attached hydrogen (secondary N) is 1. The highest BCUT2D eigenvalue weighted by molar-refractivity contribution is 5.85. The molecule has 0 aliphatic carbocycles. The molecule has 0 bridgehead atoms. The maximum atomic E-state index is 11.3. The summed E-state index contributed by atoms with van der Waals surface area (Å²) in [6.07, 6.45) is 4.00. The number of H-pyrrole nitrogens is 1. The number of hydrogen-bond donors (Lipinski definition) is 2. The Morgan fingerprint density at radius 3 is 3.00 bits per heavy atom. The van der Waals surface area contributed by atoms with E-state index in [1.54, 1.807) is 6.07 Å². The van der Waals surface area contributed by atoms with Gasteiger partial charge in [-0.1, -0.05) is 18.2 Å². The summed E-state index contributed by atoms with van der Waals surface area (Å²) < 4.78 is 1.43. The largest absolute Gasteiger partial charge is 0.478 e. The van der Waals surface area contributed by atoms with E-state index in [0.29, 0.717) is 6.54 Å². The Balaban J connectivity index is 2.20. The second kappa shape index (κ2) is 5.13. The van der Waals surface area contributed by atoms with E-state index < -0.39 is 5.97 Å². The highest BCUT2D eigenvalue weighted by atomic mass is 16.4. The summed E-state index contributed by atoms with van der Waals surface area (Å²) in [7, 11) is 0. The molecule has 0 saturated heterocycles. The van der Waals surface area contributed by atoms with Crippen LogP contribution in [0.3, 0.4) is 0 Å². The zero-order chi connectivity index (χ0) is 13.0. The minimum Gasteiger partial charge on any atom is -0.478 e. The zero-order valence-electron chi connectivity index (χ0n) is 9.41. The van der Waals surface area contributed by atoms with Crippen LogP contribution in [0.1, 0.15) is 11.1 Å². The van der Waals surface area contributed by atoms with E-state index in [4.69, 9.17) is 5.11 Å². The van der Waals surface area contributed by atoms with Crippen molar-refractivity contribution in [3.8, 4) is 0 Å². The van der Waals surface area contributed by atoms with Crippen LogP contribution in [-0.2, 0) is 11.3 Å². The minimum atomic E-state index is -0.994. The van der Waals surface area contributed by atoms with Gasteiger partial charge in [0.1, 0.15) is 6.33 Å². The lowest BCUT2D eigenvalue weighted by molar-refractivity contribution is -0.131. The van der Waals surface area contributed by atoms with Crippen molar-refractivity contribution in [3.63, 3.8) is 0 Å². The van der Waals surface area contributed by atoms with Gasteiger partial charge in [-0.15, -0.1) is 0 Å². The van der Waals surface area contributed by atoms with E-state index in [0.717, 1.165) is 17.2 Å². The van der Waals surface area contributed by atoms with Crippen molar-refractivity contribution in [3.05, 3.63) is 58.3 Å². The molecule has 0 fully saturated rings. The smallest absolute Gasteiger partial charge is 0.343 e. The molecule has 0 atom stereocenters. The van der Waals surface area contributed by atoms with Gasteiger partial charge in [-0.2, -0.15) is 5.10 Å². The fourth-order valence-corrected chi connectivity index (χ4v) is 1.54. The standard InChI is InChI=1S/C12H11N3O3/c16-11(17)5-4-9-2-1-3-10(6-9)7-15-8-13-14-12(15)18/h1-6,8H,7H2,(H,14,18)(H,16,17)/b5-4+. The third-order valence-corrected chi connectivity index (χ3v) is 2.34. The fraction of sp³-hybridized carbons (Fsp3) is 0.0833. The SMILES string of the molecule is O=C(O)/C=C/c1cccc(Cn2cn[nH]c2=O)c1. The predicted octanol–water partition coefficient (Wildman–Crippen LogP) is 0.718. The van der Waals surface area contributed by atoms with Gasteiger partial charge in [0.15, 0.2) is 0 Å². The predicted molar refractivity (Wildman–Crippen MR) is 65.1 cm³/mol. The van der Waals surface area contributed by atoms with E-state index in [9.17, 15) is 9.59 Å². The molecule has 6 heteroatoms. The molecule has 0 spiro atoms.